The molecule has 1 amide bonds. The van der Waals surface area contributed by atoms with Crippen molar-refractivity contribution in [2.45, 2.75) is 31.7 Å². The Morgan fingerprint density at radius 3 is 2.67 bits per heavy atom. The maximum Gasteiger partial charge on any atom is 0.573 e. The molecule has 21 heavy (non-hydrogen) atoms. The van der Waals surface area contributed by atoms with Gasteiger partial charge in [0.2, 0.25) is 0 Å². The standard InChI is InChI=1S/C13H13BrF3NO3/c14-10-5-4-9(21-13(15,16)17)6-11(10)20-7-12(19)18-8-2-1-3-8/h4-6,8H,1-3,7H2,(H,18,19). The van der Waals surface area contributed by atoms with Gasteiger partial charge in [0.05, 0.1) is 4.47 Å². The van der Waals surface area contributed by atoms with Gasteiger partial charge in [-0.25, -0.2) is 0 Å². The number of amides is 1. The SMILES string of the molecule is O=C(COc1cc(OC(F)(F)F)ccc1Br)NC1CCC1. The lowest BCUT2D eigenvalue weighted by Crippen LogP contribution is -2.41. The zero-order valence-electron chi connectivity index (χ0n) is 10.9. The quantitative estimate of drug-likeness (QED) is 0.867. The predicted molar refractivity (Wildman–Crippen MR) is 72.1 cm³/mol. The van der Waals surface area contributed by atoms with E-state index >= 15 is 0 Å². The Kier molecular flexibility index (Phi) is 4.97. The van der Waals surface area contributed by atoms with Gasteiger partial charge >= 0.3 is 6.36 Å². The van der Waals surface area contributed by atoms with Crippen molar-refractivity contribution < 1.29 is 27.4 Å². The lowest BCUT2D eigenvalue weighted by Gasteiger charge is -2.26. The minimum absolute atomic E-state index is 0.112. The largest absolute Gasteiger partial charge is 0.573 e. The highest BCUT2D eigenvalue weighted by Gasteiger charge is 2.31. The molecular formula is C13H13BrF3NO3. The molecule has 0 aliphatic heterocycles. The van der Waals surface area contributed by atoms with Crippen molar-refractivity contribution in [1.29, 1.82) is 0 Å². The van der Waals surface area contributed by atoms with Crippen LogP contribution in [0, 0.1) is 0 Å². The number of carbonyl (C=O) groups is 1. The first kappa shape index (κ1) is 15.9. The summed E-state index contributed by atoms with van der Waals surface area (Å²) < 4.78 is 45.9. The highest BCUT2D eigenvalue weighted by atomic mass is 79.9. The molecule has 0 radical (unpaired) electrons. The van der Waals surface area contributed by atoms with Crippen LogP contribution >= 0.6 is 15.9 Å². The Morgan fingerprint density at radius 1 is 1.38 bits per heavy atom. The van der Waals surface area contributed by atoms with E-state index in [0.717, 1.165) is 31.4 Å². The molecule has 1 aromatic rings. The number of benzene rings is 1. The second-order valence-electron chi connectivity index (χ2n) is 4.62. The summed E-state index contributed by atoms with van der Waals surface area (Å²) in [5.74, 6) is -0.589. The van der Waals surface area contributed by atoms with Gasteiger partial charge in [-0.1, -0.05) is 0 Å². The lowest BCUT2D eigenvalue weighted by atomic mass is 9.93. The van der Waals surface area contributed by atoms with E-state index in [4.69, 9.17) is 4.74 Å². The number of carbonyl (C=O) groups excluding carboxylic acids is 1. The van der Waals surface area contributed by atoms with Crippen LogP contribution in [0.4, 0.5) is 13.2 Å². The van der Waals surface area contributed by atoms with Crippen molar-refractivity contribution >= 4 is 21.8 Å². The third-order valence-electron chi connectivity index (χ3n) is 2.97. The Labute approximate surface area is 127 Å². The third kappa shape index (κ3) is 5.11. The first-order valence-electron chi connectivity index (χ1n) is 6.31. The molecule has 0 heterocycles. The van der Waals surface area contributed by atoms with Crippen LogP contribution in [-0.4, -0.2) is 24.9 Å². The smallest absolute Gasteiger partial charge is 0.482 e. The summed E-state index contributed by atoms with van der Waals surface area (Å²) in [6, 6.07) is 3.78. The van der Waals surface area contributed by atoms with Crippen molar-refractivity contribution in [2.75, 3.05) is 6.61 Å². The van der Waals surface area contributed by atoms with Crippen LogP contribution in [0.3, 0.4) is 0 Å². The molecule has 2 rings (SSSR count). The summed E-state index contributed by atoms with van der Waals surface area (Å²) in [4.78, 5) is 11.6. The van der Waals surface area contributed by atoms with E-state index in [1.54, 1.807) is 0 Å². The van der Waals surface area contributed by atoms with Crippen molar-refractivity contribution in [3.63, 3.8) is 0 Å². The van der Waals surface area contributed by atoms with Gasteiger partial charge in [-0.2, -0.15) is 0 Å². The van der Waals surface area contributed by atoms with Crippen LogP contribution in [0.2, 0.25) is 0 Å². The summed E-state index contributed by atoms with van der Waals surface area (Å²) in [7, 11) is 0. The number of hydrogen-bond acceptors (Lipinski definition) is 3. The highest BCUT2D eigenvalue weighted by Crippen LogP contribution is 2.32. The van der Waals surface area contributed by atoms with Gasteiger partial charge in [0.15, 0.2) is 6.61 Å². The van der Waals surface area contributed by atoms with Crippen molar-refractivity contribution in [1.82, 2.24) is 5.32 Å². The maximum atomic E-state index is 12.1. The van der Waals surface area contributed by atoms with Gasteiger partial charge < -0.3 is 14.8 Å². The molecular weight excluding hydrogens is 355 g/mol. The van der Waals surface area contributed by atoms with Gasteiger partial charge in [-0.3, -0.25) is 4.79 Å². The zero-order valence-corrected chi connectivity index (χ0v) is 12.5. The lowest BCUT2D eigenvalue weighted by molar-refractivity contribution is -0.274. The van der Waals surface area contributed by atoms with Gasteiger partial charge in [0, 0.05) is 12.1 Å². The average Bonchev–Trinajstić information content (AvgIpc) is 2.33. The summed E-state index contributed by atoms with van der Waals surface area (Å²) in [6.45, 7) is -0.259. The fourth-order valence-electron chi connectivity index (χ4n) is 1.76. The number of rotatable bonds is 5. The normalized spacial score (nSPS) is 15.2. The van der Waals surface area contributed by atoms with E-state index in [2.05, 4.69) is 26.0 Å². The second kappa shape index (κ2) is 6.55. The van der Waals surface area contributed by atoms with E-state index in [-0.39, 0.29) is 24.3 Å². The van der Waals surface area contributed by atoms with Crippen molar-refractivity contribution in [3.8, 4) is 11.5 Å². The zero-order chi connectivity index (χ0) is 15.5. The second-order valence-corrected chi connectivity index (χ2v) is 5.48. The minimum atomic E-state index is -4.77. The first-order valence-corrected chi connectivity index (χ1v) is 7.10. The molecule has 0 spiro atoms. The van der Waals surface area contributed by atoms with Crippen LogP contribution in [0.25, 0.3) is 0 Å². The van der Waals surface area contributed by atoms with Crippen LogP contribution in [0.15, 0.2) is 22.7 Å². The monoisotopic (exact) mass is 367 g/mol. The van der Waals surface area contributed by atoms with Gasteiger partial charge in [0.1, 0.15) is 11.5 Å². The molecule has 1 saturated carbocycles. The van der Waals surface area contributed by atoms with Crippen molar-refractivity contribution in [2.24, 2.45) is 0 Å². The summed E-state index contributed by atoms with van der Waals surface area (Å²) >= 11 is 3.14. The molecule has 0 atom stereocenters. The topological polar surface area (TPSA) is 47.6 Å². The van der Waals surface area contributed by atoms with E-state index in [0.29, 0.717) is 4.47 Å². The predicted octanol–water partition coefficient (Wildman–Crippen LogP) is 3.40. The molecule has 0 aromatic heterocycles. The van der Waals surface area contributed by atoms with Gasteiger partial charge in [0.25, 0.3) is 5.91 Å². The molecule has 1 fully saturated rings. The Balaban J connectivity index is 1.91. The number of nitrogens with one attached hydrogen (secondary N) is 1. The van der Waals surface area contributed by atoms with Crippen LogP contribution in [0.5, 0.6) is 11.5 Å². The fraction of sp³-hybridized carbons (Fsp3) is 0.462. The van der Waals surface area contributed by atoms with Gasteiger partial charge in [-0.05, 0) is 47.3 Å². The molecule has 1 aliphatic carbocycles. The minimum Gasteiger partial charge on any atom is -0.482 e. The van der Waals surface area contributed by atoms with Crippen LogP contribution in [-0.2, 0) is 4.79 Å². The molecule has 0 bridgehead atoms. The summed E-state index contributed by atoms with van der Waals surface area (Å²) in [5, 5.41) is 2.77. The number of hydrogen-bond donors (Lipinski definition) is 1. The Morgan fingerprint density at radius 2 is 2.10 bits per heavy atom. The Bertz CT molecular complexity index is 518. The molecule has 1 aromatic carbocycles. The first-order chi connectivity index (χ1) is 9.83. The van der Waals surface area contributed by atoms with E-state index in [9.17, 15) is 18.0 Å². The van der Waals surface area contributed by atoms with E-state index < -0.39 is 12.1 Å². The third-order valence-corrected chi connectivity index (χ3v) is 3.62. The van der Waals surface area contributed by atoms with Crippen LogP contribution < -0.4 is 14.8 Å². The van der Waals surface area contributed by atoms with Gasteiger partial charge in [-0.15, -0.1) is 13.2 Å². The Hall–Kier alpha value is -1.44. The molecule has 1 N–H and O–H groups in total. The summed E-state index contributed by atoms with van der Waals surface area (Å²) in [6.07, 6.45) is -1.78. The molecule has 0 unspecified atom stereocenters. The number of alkyl halides is 3. The van der Waals surface area contributed by atoms with Crippen molar-refractivity contribution in [3.05, 3.63) is 22.7 Å². The molecule has 4 nitrogen and oxygen atoms in total. The number of ether oxygens (including phenoxy) is 2. The van der Waals surface area contributed by atoms with E-state index in [1.807, 2.05) is 0 Å². The molecule has 8 heteroatoms. The summed E-state index contributed by atoms with van der Waals surface area (Å²) in [5.41, 5.74) is 0. The van der Waals surface area contributed by atoms with E-state index in [1.165, 1.54) is 6.07 Å². The fourth-order valence-corrected chi connectivity index (χ4v) is 2.12. The molecule has 1 aliphatic rings. The van der Waals surface area contributed by atoms with Crippen LogP contribution in [0.1, 0.15) is 19.3 Å². The molecule has 116 valence electrons. The number of halogens is 4. The highest BCUT2D eigenvalue weighted by molar-refractivity contribution is 9.10. The average molecular weight is 368 g/mol. The maximum absolute atomic E-state index is 12.1. The molecule has 0 saturated heterocycles.